The molecule has 1 aliphatic heterocycles. The molecule has 1 aromatic carbocycles. The van der Waals surface area contributed by atoms with Gasteiger partial charge >= 0.3 is 0 Å². The van der Waals surface area contributed by atoms with Crippen LogP contribution in [0.1, 0.15) is 24.9 Å². The van der Waals surface area contributed by atoms with Gasteiger partial charge in [-0.05, 0) is 38.6 Å². The zero-order chi connectivity index (χ0) is 14.5. The van der Waals surface area contributed by atoms with E-state index >= 15 is 0 Å². The Balaban J connectivity index is 0.00000220. The van der Waals surface area contributed by atoms with Crippen molar-refractivity contribution in [2.75, 3.05) is 26.7 Å². The van der Waals surface area contributed by atoms with Crippen molar-refractivity contribution < 1.29 is 4.79 Å². The molecule has 0 aliphatic carbocycles. The van der Waals surface area contributed by atoms with Crippen LogP contribution < -0.4 is 10.6 Å². The third-order valence-electron chi connectivity index (χ3n) is 3.80. The molecule has 0 radical (unpaired) electrons. The average molecular weight is 332 g/mol. The van der Waals surface area contributed by atoms with E-state index in [4.69, 9.17) is 11.6 Å². The third-order valence-corrected chi connectivity index (χ3v) is 4.14. The van der Waals surface area contributed by atoms with E-state index in [0.29, 0.717) is 17.6 Å². The fourth-order valence-electron chi connectivity index (χ4n) is 2.56. The van der Waals surface area contributed by atoms with Gasteiger partial charge in [-0.3, -0.25) is 9.69 Å². The lowest BCUT2D eigenvalue weighted by molar-refractivity contribution is -0.123. The molecule has 0 aromatic heterocycles. The maximum Gasteiger partial charge on any atom is 0.234 e. The van der Waals surface area contributed by atoms with E-state index < -0.39 is 0 Å². The van der Waals surface area contributed by atoms with Crippen molar-refractivity contribution in [3.05, 3.63) is 34.9 Å². The van der Waals surface area contributed by atoms with E-state index in [9.17, 15) is 4.79 Å². The molecule has 6 heteroatoms. The summed E-state index contributed by atoms with van der Waals surface area (Å²) in [5, 5.41) is 7.00. The minimum absolute atomic E-state index is 0. The van der Waals surface area contributed by atoms with E-state index in [2.05, 4.69) is 15.5 Å². The Labute approximate surface area is 137 Å². The predicted octanol–water partition coefficient (Wildman–Crippen LogP) is 2.23. The summed E-state index contributed by atoms with van der Waals surface area (Å²) >= 11 is 6.14. The lowest BCUT2D eigenvalue weighted by atomic mass is 10.1. The van der Waals surface area contributed by atoms with Gasteiger partial charge in [-0.25, -0.2) is 0 Å². The molecule has 2 atom stereocenters. The van der Waals surface area contributed by atoms with Crippen LogP contribution in [0, 0.1) is 0 Å². The normalized spacial score (nSPS) is 19.1. The first kappa shape index (κ1) is 18.2. The summed E-state index contributed by atoms with van der Waals surface area (Å²) in [4.78, 5) is 14.2. The van der Waals surface area contributed by atoms with E-state index in [1.165, 1.54) is 0 Å². The number of amides is 1. The summed E-state index contributed by atoms with van der Waals surface area (Å²) in [6.07, 6.45) is 1.10. The van der Waals surface area contributed by atoms with Gasteiger partial charge in [-0.2, -0.15) is 0 Å². The highest BCUT2D eigenvalue weighted by Crippen LogP contribution is 2.22. The largest absolute Gasteiger partial charge is 0.348 e. The van der Waals surface area contributed by atoms with E-state index in [0.717, 1.165) is 25.1 Å². The number of rotatable bonds is 5. The molecule has 0 bridgehead atoms. The maximum atomic E-state index is 12.1. The maximum absolute atomic E-state index is 12.1. The van der Waals surface area contributed by atoms with Crippen molar-refractivity contribution in [1.29, 1.82) is 0 Å². The second-order valence-corrected chi connectivity index (χ2v) is 5.78. The summed E-state index contributed by atoms with van der Waals surface area (Å²) < 4.78 is 0. The monoisotopic (exact) mass is 331 g/mol. The van der Waals surface area contributed by atoms with Crippen LogP contribution in [-0.2, 0) is 4.79 Å². The molecule has 0 saturated carbocycles. The molecule has 1 amide bonds. The number of nitrogens with one attached hydrogen (secondary N) is 2. The first-order valence-electron chi connectivity index (χ1n) is 7.02. The van der Waals surface area contributed by atoms with Crippen molar-refractivity contribution in [3.63, 3.8) is 0 Å². The summed E-state index contributed by atoms with van der Waals surface area (Å²) in [6, 6.07) is 7.98. The van der Waals surface area contributed by atoms with Crippen molar-refractivity contribution in [1.82, 2.24) is 15.5 Å². The summed E-state index contributed by atoms with van der Waals surface area (Å²) in [6.45, 7) is 4.37. The van der Waals surface area contributed by atoms with Crippen LogP contribution in [0.5, 0.6) is 0 Å². The Morgan fingerprint density at radius 3 is 2.86 bits per heavy atom. The molecular weight excluding hydrogens is 309 g/mol. The standard InChI is InChI=1S/C15H22ClN3O.ClH/c1-11(13-5-3-4-6-14(13)16)18-15(20)10-19(2)12-7-8-17-9-12;/h3-6,11-12,17H,7-10H2,1-2H3,(H,18,20);1H. The number of carbonyl (C=O) groups excluding carboxylic acids is 1. The van der Waals surface area contributed by atoms with Crippen molar-refractivity contribution in [2.45, 2.75) is 25.4 Å². The Morgan fingerprint density at radius 1 is 1.52 bits per heavy atom. The summed E-state index contributed by atoms with van der Waals surface area (Å²) in [5.41, 5.74) is 0.952. The van der Waals surface area contributed by atoms with Gasteiger partial charge in [0.1, 0.15) is 0 Å². The topological polar surface area (TPSA) is 44.4 Å². The molecule has 118 valence electrons. The molecule has 2 N–H and O–H groups in total. The van der Waals surface area contributed by atoms with Gasteiger partial charge in [0.15, 0.2) is 0 Å². The Bertz CT molecular complexity index is 464. The smallest absolute Gasteiger partial charge is 0.234 e. The van der Waals surface area contributed by atoms with Crippen LogP contribution in [0.4, 0.5) is 0 Å². The molecule has 1 aliphatic rings. The molecule has 1 fully saturated rings. The quantitative estimate of drug-likeness (QED) is 0.869. The van der Waals surface area contributed by atoms with Crippen LogP contribution in [0.3, 0.4) is 0 Å². The fourth-order valence-corrected chi connectivity index (χ4v) is 2.86. The number of halogens is 2. The molecule has 21 heavy (non-hydrogen) atoms. The fraction of sp³-hybridized carbons (Fsp3) is 0.533. The minimum Gasteiger partial charge on any atom is -0.348 e. The van der Waals surface area contributed by atoms with Gasteiger partial charge in [-0.15, -0.1) is 12.4 Å². The van der Waals surface area contributed by atoms with Crippen LogP contribution in [-0.4, -0.2) is 43.5 Å². The van der Waals surface area contributed by atoms with Crippen LogP contribution in [0.15, 0.2) is 24.3 Å². The third kappa shape index (κ3) is 5.15. The number of hydrogen-bond donors (Lipinski definition) is 2. The van der Waals surface area contributed by atoms with Crippen LogP contribution >= 0.6 is 24.0 Å². The van der Waals surface area contributed by atoms with Crippen LogP contribution in [0.2, 0.25) is 5.02 Å². The van der Waals surface area contributed by atoms with E-state index in [1.807, 2.05) is 38.2 Å². The zero-order valence-electron chi connectivity index (χ0n) is 12.4. The summed E-state index contributed by atoms with van der Waals surface area (Å²) in [5.74, 6) is 0.0341. The second kappa shape index (κ2) is 8.59. The molecule has 1 saturated heterocycles. The Hall–Kier alpha value is -0.810. The Kier molecular flexibility index (Phi) is 7.46. The highest BCUT2D eigenvalue weighted by atomic mass is 35.5. The highest BCUT2D eigenvalue weighted by Gasteiger charge is 2.21. The lowest BCUT2D eigenvalue weighted by Gasteiger charge is -2.24. The molecule has 0 spiro atoms. The number of benzene rings is 1. The number of hydrogen-bond acceptors (Lipinski definition) is 3. The lowest BCUT2D eigenvalue weighted by Crippen LogP contribution is -2.42. The Morgan fingerprint density at radius 2 is 2.24 bits per heavy atom. The van der Waals surface area contributed by atoms with Gasteiger partial charge in [0.2, 0.25) is 5.91 Å². The summed E-state index contributed by atoms with van der Waals surface area (Å²) in [7, 11) is 2.00. The SMILES string of the molecule is CC(NC(=O)CN(C)C1CCNC1)c1ccccc1Cl.Cl. The van der Waals surface area contributed by atoms with E-state index in [-0.39, 0.29) is 24.4 Å². The number of nitrogens with zero attached hydrogens (tertiary/aromatic N) is 1. The van der Waals surface area contributed by atoms with Gasteiger partial charge < -0.3 is 10.6 Å². The first-order chi connectivity index (χ1) is 9.58. The van der Waals surface area contributed by atoms with Crippen molar-refractivity contribution >= 4 is 29.9 Å². The van der Waals surface area contributed by atoms with Crippen molar-refractivity contribution in [2.24, 2.45) is 0 Å². The minimum atomic E-state index is -0.0775. The molecule has 4 nitrogen and oxygen atoms in total. The van der Waals surface area contributed by atoms with Crippen LogP contribution in [0.25, 0.3) is 0 Å². The van der Waals surface area contributed by atoms with Crippen molar-refractivity contribution in [3.8, 4) is 0 Å². The molecular formula is C15H23Cl2N3O. The second-order valence-electron chi connectivity index (χ2n) is 5.37. The zero-order valence-corrected chi connectivity index (χ0v) is 14.0. The number of carbonyl (C=O) groups is 1. The average Bonchev–Trinajstić information content (AvgIpc) is 2.92. The van der Waals surface area contributed by atoms with E-state index in [1.54, 1.807) is 0 Å². The first-order valence-corrected chi connectivity index (χ1v) is 7.40. The molecule has 2 rings (SSSR count). The van der Waals surface area contributed by atoms with Gasteiger partial charge in [0.25, 0.3) is 0 Å². The highest BCUT2D eigenvalue weighted by molar-refractivity contribution is 6.31. The predicted molar refractivity (Wildman–Crippen MR) is 89.2 cm³/mol. The van der Waals surface area contributed by atoms with Gasteiger partial charge in [0.05, 0.1) is 12.6 Å². The number of likely N-dealkylation sites (N-methyl/N-ethyl adjacent to an activating group) is 1. The van der Waals surface area contributed by atoms with Gasteiger partial charge in [-0.1, -0.05) is 29.8 Å². The molecule has 1 aromatic rings. The molecule has 2 unspecified atom stereocenters. The molecule has 1 heterocycles. The van der Waals surface area contributed by atoms with Gasteiger partial charge in [0, 0.05) is 17.6 Å².